The van der Waals surface area contributed by atoms with E-state index in [9.17, 15) is 0 Å². The van der Waals surface area contributed by atoms with Crippen LogP contribution >= 0.6 is 12.2 Å². The summed E-state index contributed by atoms with van der Waals surface area (Å²) >= 11 is 5.84. The maximum atomic E-state index is 5.84. The Balaban J connectivity index is 1.90. The predicted molar refractivity (Wildman–Crippen MR) is 136 cm³/mol. The first-order valence-corrected chi connectivity index (χ1v) is 10.9. The summed E-state index contributed by atoms with van der Waals surface area (Å²) in [6, 6.07) is 19.7. The van der Waals surface area contributed by atoms with E-state index in [0.29, 0.717) is 18.2 Å². The molecule has 33 heavy (non-hydrogen) atoms. The number of methoxy groups -OCH3 is 4. The second-order valence-corrected chi connectivity index (χ2v) is 7.90. The Morgan fingerprint density at radius 1 is 0.758 bits per heavy atom. The summed E-state index contributed by atoms with van der Waals surface area (Å²) in [4.78, 5) is 2.08. The minimum atomic E-state index is 0.541. The minimum absolute atomic E-state index is 0.541. The molecule has 0 amide bonds. The molecule has 3 rings (SSSR count). The van der Waals surface area contributed by atoms with Crippen molar-refractivity contribution >= 4 is 23.0 Å². The molecule has 0 aromatic heterocycles. The topological polar surface area (TPSA) is 52.2 Å². The highest BCUT2D eigenvalue weighted by molar-refractivity contribution is 7.80. The second-order valence-electron chi connectivity index (χ2n) is 7.52. The average Bonchev–Trinajstić information content (AvgIpc) is 2.85. The molecule has 0 unspecified atom stereocenters. The molecule has 7 heteroatoms. The van der Waals surface area contributed by atoms with Gasteiger partial charge in [-0.15, -0.1) is 0 Å². The smallest absolute Gasteiger partial charge is 0.174 e. The maximum absolute atomic E-state index is 5.84. The van der Waals surface area contributed by atoms with E-state index in [1.807, 2.05) is 67.6 Å². The van der Waals surface area contributed by atoms with Crippen LogP contribution in [0.25, 0.3) is 0 Å². The maximum Gasteiger partial charge on any atom is 0.174 e. The number of nitrogens with one attached hydrogen (secondary N) is 1. The van der Waals surface area contributed by atoms with Crippen molar-refractivity contribution in [2.75, 3.05) is 33.8 Å². The largest absolute Gasteiger partial charge is 0.497 e. The first kappa shape index (κ1) is 24.2. The second kappa shape index (κ2) is 11.4. The quantitative estimate of drug-likeness (QED) is 0.422. The molecule has 0 aliphatic heterocycles. The molecule has 0 aliphatic carbocycles. The number of benzene rings is 3. The van der Waals surface area contributed by atoms with Crippen LogP contribution in [0.5, 0.6) is 23.0 Å². The fourth-order valence-corrected chi connectivity index (χ4v) is 3.67. The molecule has 0 radical (unpaired) electrons. The third kappa shape index (κ3) is 6.29. The number of rotatable bonds is 9. The van der Waals surface area contributed by atoms with Gasteiger partial charge in [-0.05, 0) is 66.7 Å². The summed E-state index contributed by atoms with van der Waals surface area (Å²) in [5.41, 5.74) is 4.02. The molecule has 0 fully saturated rings. The molecule has 0 saturated heterocycles. The Morgan fingerprint density at radius 2 is 1.42 bits per heavy atom. The number of aryl methyl sites for hydroxylation is 1. The Kier molecular flexibility index (Phi) is 8.38. The summed E-state index contributed by atoms with van der Waals surface area (Å²) in [6.45, 7) is 3.16. The molecule has 6 nitrogen and oxygen atoms in total. The fourth-order valence-electron chi connectivity index (χ4n) is 3.43. The van der Waals surface area contributed by atoms with Crippen molar-refractivity contribution in [3.63, 3.8) is 0 Å². The summed E-state index contributed by atoms with van der Waals surface area (Å²) < 4.78 is 21.8. The predicted octanol–water partition coefficient (Wildman–Crippen LogP) is 5.43. The van der Waals surface area contributed by atoms with E-state index in [0.717, 1.165) is 45.4 Å². The molecule has 0 atom stereocenters. The van der Waals surface area contributed by atoms with Crippen molar-refractivity contribution in [2.45, 2.75) is 20.0 Å². The van der Waals surface area contributed by atoms with Gasteiger partial charge in [-0.25, -0.2) is 0 Å². The number of thiocarbonyl (C=S) groups is 1. The van der Waals surface area contributed by atoms with Crippen molar-refractivity contribution < 1.29 is 18.9 Å². The minimum Gasteiger partial charge on any atom is -0.497 e. The van der Waals surface area contributed by atoms with Crippen molar-refractivity contribution in [1.82, 2.24) is 4.90 Å². The monoisotopic (exact) mass is 466 g/mol. The highest BCUT2D eigenvalue weighted by Crippen LogP contribution is 2.29. The normalized spacial score (nSPS) is 10.3. The van der Waals surface area contributed by atoms with E-state index in [-0.39, 0.29) is 0 Å². The summed E-state index contributed by atoms with van der Waals surface area (Å²) in [7, 11) is 6.60. The molecular weight excluding hydrogens is 436 g/mol. The van der Waals surface area contributed by atoms with Crippen LogP contribution in [0, 0.1) is 6.92 Å². The lowest BCUT2D eigenvalue weighted by Crippen LogP contribution is -2.34. The van der Waals surface area contributed by atoms with Gasteiger partial charge in [0.25, 0.3) is 0 Å². The molecule has 174 valence electrons. The van der Waals surface area contributed by atoms with Gasteiger partial charge < -0.3 is 29.2 Å². The van der Waals surface area contributed by atoms with Crippen LogP contribution in [0.1, 0.15) is 16.7 Å². The van der Waals surface area contributed by atoms with E-state index in [2.05, 4.69) is 10.2 Å². The Labute approximate surface area is 201 Å². The van der Waals surface area contributed by atoms with Gasteiger partial charge in [0.05, 0.1) is 34.1 Å². The molecule has 3 aromatic rings. The van der Waals surface area contributed by atoms with Gasteiger partial charge >= 0.3 is 0 Å². The zero-order chi connectivity index (χ0) is 23.8. The number of nitrogens with zero attached hydrogens (tertiary/aromatic N) is 1. The molecule has 3 aromatic carbocycles. The van der Waals surface area contributed by atoms with Gasteiger partial charge in [-0.1, -0.05) is 18.2 Å². The molecule has 1 N–H and O–H groups in total. The fraction of sp³-hybridized carbons (Fsp3) is 0.269. The number of hydrogen-bond donors (Lipinski definition) is 1. The first-order chi connectivity index (χ1) is 16.0. The lowest BCUT2D eigenvalue weighted by molar-refractivity contribution is 0.370. The van der Waals surface area contributed by atoms with Crippen LogP contribution in [-0.4, -0.2) is 38.5 Å². The lowest BCUT2D eigenvalue weighted by Gasteiger charge is -2.27. The third-order valence-corrected chi connectivity index (χ3v) is 5.63. The molecular formula is C26H30N2O4S. The first-order valence-electron chi connectivity index (χ1n) is 10.5. The molecule has 0 aliphatic rings. The third-order valence-electron chi connectivity index (χ3n) is 5.27. The zero-order valence-corrected chi connectivity index (χ0v) is 20.5. The molecule has 0 bridgehead atoms. The van der Waals surface area contributed by atoms with Gasteiger partial charge in [0, 0.05) is 24.7 Å². The van der Waals surface area contributed by atoms with Gasteiger partial charge in [0.2, 0.25) is 0 Å². The standard InChI is InChI=1S/C26H30N2O4S/c1-18-6-13-23(25(14-18)32-5)27-26(33)28(16-19-7-10-21(29-2)11-8-19)17-20-9-12-22(30-3)15-24(20)31-4/h6-15H,16-17H2,1-5H3,(H,27,33). The number of hydrogen-bond acceptors (Lipinski definition) is 5. The summed E-state index contributed by atoms with van der Waals surface area (Å²) in [5, 5.41) is 3.93. The van der Waals surface area contributed by atoms with Crippen molar-refractivity contribution in [3.8, 4) is 23.0 Å². The van der Waals surface area contributed by atoms with Gasteiger partial charge in [-0.3, -0.25) is 0 Å². The summed E-state index contributed by atoms with van der Waals surface area (Å²) in [6.07, 6.45) is 0. The SMILES string of the molecule is COc1ccc(CN(Cc2ccc(OC)cc2OC)C(=S)Nc2ccc(C)cc2OC)cc1. The van der Waals surface area contributed by atoms with Crippen LogP contribution in [0.4, 0.5) is 5.69 Å². The lowest BCUT2D eigenvalue weighted by atomic mass is 10.1. The van der Waals surface area contributed by atoms with E-state index in [1.54, 1.807) is 28.4 Å². The van der Waals surface area contributed by atoms with Crippen molar-refractivity contribution in [3.05, 3.63) is 77.4 Å². The highest BCUT2D eigenvalue weighted by atomic mass is 32.1. The van der Waals surface area contributed by atoms with E-state index >= 15 is 0 Å². The van der Waals surface area contributed by atoms with Crippen LogP contribution in [0.15, 0.2) is 60.7 Å². The van der Waals surface area contributed by atoms with E-state index in [4.69, 9.17) is 31.2 Å². The Morgan fingerprint density at radius 3 is 2.06 bits per heavy atom. The van der Waals surface area contributed by atoms with Crippen molar-refractivity contribution in [2.24, 2.45) is 0 Å². The van der Waals surface area contributed by atoms with Crippen LogP contribution in [0.3, 0.4) is 0 Å². The highest BCUT2D eigenvalue weighted by Gasteiger charge is 2.16. The molecule has 0 spiro atoms. The molecule has 0 heterocycles. The van der Waals surface area contributed by atoms with E-state index < -0.39 is 0 Å². The van der Waals surface area contributed by atoms with Crippen LogP contribution < -0.4 is 24.3 Å². The van der Waals surface area contributed by atoms with Crippen LogP contribution in [0.2, 0.25) is 0 Å². The zero-order valence-electron chi connectivity index (χ0n) is 19.7. The van der Waals surface area contributed by atoms with Gasteiger partial charge in [-0.2, -0.15) is 0 Å². The number of ether oxygens (including phenoxy) is 4. The van der Waals surface area contributed by atoms with E-state index in [1.165, 1.54) is 0 Å². The van der Waals surface area contributed by atoms with Crippen molar-refractivity contribution in [1.29, 1.82) is 0 Å². The molecule has 0 saturated carbocycles. The summed E-state index contributed by atoms with van der Waals surface area (Å²) in [5.74, 6) is 3.03. The van der Waals surface area contributed by atoms with Gasteiger partial charge in [0.15, 0.2) is 5.11 Å². The van der Waals surface area contributed by atoms with Crippen LogP contribution in [-0.2, 0) is 13.1 Å². The average molecular weight is 467 g/mol. The Bertz CT molecular complexity index is 1090. The Hall–Kier alpha value is -3.45. The number of anilines is 1. The van der Waals surface area contributed by atoms with Gasteiger partial charge in [0.1, 0.15) is 23.0 Å².